The van der Waals surface area contributed by atoms with E-state index in [0.29, 0.717) is 18.0 Å². The highest BCUT2D eigenvalue weighted by Crippen LogP contribution is 2.29. The Bertz CT molecular complexity index is 498. The molecule has 0 aromatic carbocycles. The van der Waals surface area contributed by atoms with Crippen molar-refractivity contribution >= 4 is 0 Å². The molecule has 0 aliphatic heterocycles. The number of nitrogens with zero attached hydrogens (tertiary/aromatic N) is 3. The predicted octanol–water partition coefficient (Wildman–Crippen LogP) is 1.70. The zero-order valence-corrected chi connectivity index (χ0v) is 10.8. The quantitative estimate of drug-likeness (QED) is 0.893. The van der Waals surface area contributed by atoms with E-state index in [1.165, 1.54) is 0 Å². The summed E-state index contributed by atoms with van der Waals surface area (Å²) in [5.74, 6) is 0.588. The van der Waals surface area contributed by atoms with E-state index in [-0.39, 0.29) is 0 Å². The number of hydrogen-bond acceptors (Lipinski definition) is 4. The molecule has 0 bridgehead atoms. The summed E-state index contributed by atoms with van der Waals surface area (Å²) in [6, 6.07) is 3.73. The van der Waals surface area contributed by atoms with Crippen LogP contribution in [0.1, 0.15) is 30.0 Å². The summed E-state index contributed by atoms with van der Waals surface area (Å²) in [5, 5.41) is 14.6. The van der Waals surface area contributed by atoms with E-state index in [1.807, 2.05) is 26.0 Å². The van der Waals surface area contributed by atoms with E-state index in [9.17, 15) is 5.11 Å². The molecule has 2 aromatic heterocycles. The molecule has 5 nitrogen and oxygen atoms in total. The molecule has 2 rings (SSSR count). The van der Waals surface area contributed by atoms with Crippen LogP contribution >= 0.6 is 0 Å². The molecule has 0 saturated carbocycles. The lowest BCUT2D eigenvalue weighted by Crippen LogP contribution is -2.10. The monoisotopic (exact) mass is 247 g/mol. The highest BCUT2D eigenvalue weighted by atomic mass is 16.5. The first-order valence-electron chi connectivity index (χ1n) is 5.87. The fourth-order valence-corrected chi connectivity index (χ4v) is 1.86. The Balaban J connectivity index is 2.41. The lowest BCUT2D eigenvalue weighted by Gasteiger charge is -2.14. The third kappa shape index (κ3) is 2.22. The number of methoxy groups -OCH3 is 1. The molecule has 0 amide bonds. The predicted molar refractivity (Wildman–Crippen MR) is 67.5 cm³/mol. The molecular weight excluding hydrogens is 230 g/mol. The molecular formula is C13H17N3O2. The number of pyridine rings is 1. The van der Waals surface area contributed by atoms with Gasteiger partial charge in [0.05, 0.1) is 13.3 Å². The van der Waals surface area contributed by atoms with E-state index < -0.39 is 6.10 Å². The first-order valence-corrected chi connectivity index (χ1v) is 5.87. The largest absolute Gasteiger partial charge is 0.493 e. The van der Waals surface area contributed by atoms with Crippen molar-refractivity contribution in [2.75, 3.05) is 7.11 Å². The number of hydrogen-bond donors (Lipinski definition) is 1. The van der Waals surface area contributed by atoms with Crippen molar-refractivity contribution in [3.05, 3.63) is 41.5 Å². The maximum absolute atomic E-state index is 10.4. The van der Waals surface area contributed by atoms with Gasteiger partial charge in [-0.3, -0.25) is 9.67 Å². The first-order chi connectivity index (χ1) is 8.67. The Labute approximate surface area is 106 Å². The van der Waals surface area contributed by atoms with E-state index in [0.717, 1.165) is 11.3 Å². The Morgan fingerprint density at radius 3 is 2.72 bits per heavy atom. The van der Waals surface area contributed by atoms with Crippen LogP contribution in [0.5, 0.6) is 5.75 Å². The van der Waals surface area contributed by atoms with Crippen molar-refractivity contribution in [1.29, 1.82) is 0 Å². The van der Waals surface area contributed by atoms with Crippen molar-refractivity contribution in [3.63, 3.8) is 0 Å². The smallest absolute Gasteiger partial charge is 0.163 e. The fourth-order valence-electron chi connectivity index (χ4n) is 1.86. The number of aliphatic hydroxyl groups excluding tert-OH is 1. The van der Waals surface area contributed by atoms with E-state index in [2.05, 4.69) is 10.1 Å². The molecule has 2 aromatic rings. The summed E-state index contributed by atoms with van der Waals surface area (Å²) in [4.78, 5) is 4.19. The number of ether oxygens (including phenoxy) is 1. The maximum atomic E-state index is 10.4. The normalized spacial score (nSPS) is 12.4. The van der Waals surface area contributed by atoms with Gasteiger partial charge in [0.15, 0.2) is 5.75 Å². The molecule has 18 heavy (non-hydrogen) atoms. The lowest BCUT2D eigenvalue weighted by molar-refractivity contribution is 0.202. The highest BCUT2D eigenvalue weighted by molar-refractivity contribution is 5.34. The molecule has 0 spiro atoms. The number of aromatic nitrogens is 3. The molecule has 96 valence electrons. The summed E-state index contributed by atoms with van der Waals surface area (Å²) >= 11 is 0. The topological polar surface area (TPSA) is 60.2 Å². The summed E-state index contributed by atoms with van der Waals surface area (Å²) in [6.45, 7) is 4.55. The van der Waals surface area contributed by atoms with Gasteiger partial charge in [0.2, 0.25) is 0 Å². The van der Waals surface area contributed by atoms with Crippen LogP contribution in [0.3, 0.4) is 0 Å². The van der Waals surface area contributed by atoms with Crippen molar-refractivity contribution in [1.82, 2.24) is 14.8 Å². The van der Waals surface area contributed by atoms with Crippen LogP contribution in [0.25, 0.3) is 0 Å². The SMILES string of the molecule is CCn1ncc(OC)c1C(O)c1ccc(C)nc1. The molecule has 1 unspecified atom stereocenters. The molecule has 0 aliphatic carbocycles. The Morgan fingerprint density at radius 1 is 1.39 bits per heavy atom. The lowest BCUT2D eigenvalue weighted by atomic mass is 10.1. The van der Waals surface area contributed by atoms with E-state index in [4.69, 9.17) is 4.74 Å². The number of aryl methyl sites for hydroxylation is 2. The molecule has 0 aliphatic rings. The molecule has 0 saturated heterocycles. The van der Waals surface area contributed by atoms with Gasteiger partial charge in [-0.05, 0) is 19.9 Å². The second-order valence-electron chi connectivity index (χ2n) is 4.05. The van der Waals surface area contributed by atoms with Gasteiger partial charge in [-0.2, -0.15) is 5.10 Å². The summed E-state index contributed by atoms with van der Waals surface area (Å²) in [7, 11) is 1.57. The average molecular weight is 247 g/mol. The van der Waals surface area contributed by atoms with Crippen LogP contribution in [0.4, 0.5) is 0 Å². The van der Waals surface area contributed by atoms with Crippen molar-refractivity contribution in [3.8, 4) is 5.75 Å². The van der Waals surface area contributed by atoms with Gasteiger partial charge < -0.3 is 9.84 Å². The maximum Gasteiger partial charge on any atom is 0.163 e. The van der Waals surface area contributed by atoms with Crippen LogP contribution in [-0.2, 0) is 6.54 Å². The zero-order valence-electron chi connectivity index (χ0n) is 10.8. The van der Waals surface area contributed by atoms with Gasteiger partial charge >= 0.3 is 0 Å². The van der Waals surface area contributed by atoms with Gasteiger partial charge in [0.1, 0.15) is 11.8 Å². The third-order valence-electron chi connectivity index (χ3n) is 2.87. The van der Waals surface area contributed by atoms with Gasteiger partial charge in [0, 0.05) is 24.0 Å². The van der Waals surface area contributed by atoms with Crippen LogP contribution in [0.2, 0.25) is 0 Å². The molecule has 0 fully saturated rings. The summed E-state index contributed by atoms with van der Waals surface area (Å²) < 4.78 is 6.96. The average Bonchev–Trinajstić information content (AvgIpc) is 2.81. The zero-order chi connectivity index (χ0) is 13.1. The van der Waals surface area contributed by atoms with Crippen LogP contribution in [0.15, 0.2) is 24.5 Å². The van der Waals surface area contributed by atoms with Gasteiger partial charge in [0.25, 0.3) is 0 Å². The van der Waals surface area contributed by atoms with Crippen molar-refractivity contribution in [2.24, 2.45) is 0 Å². The third-order valence-corrected chi connectivity index (χ3v) is 2.87. The molecule has 5 heteroatoms. The standard InChI is InChI=1S/C13H17N3O2/c1-4-16-12(11(18-3)8-15-16)13(17)10-6-5-9(2)14-7-10/h5-8,13,17H,4H2,1-3H3. The second kappa shape index (κ2) is 5.18. The van der Waals surface area contributed by atoms with Gasteiger partial charge in [-0.1, -0.05) is 6.07 Å². The molecule has 2 heterocycles. The van der Waals surface area contributed by atoms with Crippen molar-refractivity contribution in [2.45, 2.75) is 26.5 Å². The fraction of sp³-hybridized carbons (Fsp3) is 0.385. The van der Waals surface area contributed by atoms with Gasteiger partial charge in [-0.25, -0.2) is 0 Å². The van der Waals surface area contributed by atoms with Crippen LogP contribution < -0.4 is 4.74 Å². The number of aliphatic hydroxyl groups is 1. The van der Waals surface area contributed by atoms with Crippen molar-refractivity contribution < 1.29 is 9.84 Å². The first kappa shape index (κ1) is 12.6. The molecule has 0 radical (unpaired) electrons. The molecule has 1 atom stereocenters. The summed E-state index contributed by atoms with van der Waals surface area (Å²) in [6.07, 6.45) is 2.51. The Hall–Kier alpha value is -1.88. The minimum Gasteiger partial charge on any atom is -0.493 e. The van der Waals surface area contributed by atoms with Crippen LogP contribution in [-0.4, -0.2) is 27.0 Å². The molecule has 1 N–H and O–H groups in total. The minimum atomic E-state index is -0.782. The second-order valence-corrected chi connectivity index (χ2v) is 4.05. The highest BCUT2D eigenvalue weighted by Gasteiger charge is 2.21. The summed E-state index contributed by atoms with van der Waals surface area (Å²) in [5.41, 5.74) is 2.31. The Morgan fingerprint density at radius 2 is 2.17 bits per heavy atom. The van der Waals surface area contributed by atoms with Gasteiger partial charge in [-0.15, -0.1) is 0 Å². The van der Waals surface area contributed by atoms with Crippen LogP contribution in [0, 0.1) is 6.92 Å². The van der Waals surface area contributed by atoms with E-state index >= 15 is 0 Å². The minimum absolute atomic E-state index is 0.588. The number of rotatable bonds is 4. The Kier molecular flexibility index (Phi) is 3.62. The van der Waals surface area contributed by atoms with E-state index in [1.54, 1.807) is 24.2 Å².